The topological polar surface area (TPSA) is 139 Å². The van der Waals surface area contributed by atoms with Crippen molar-refractivity contribution in [2.24, 2.45) is 10.2 Å². The zero-order chi connectivity index (χ0) is 24.2. The van der Waals surface area contributed by atoms with Gasteiger partial charge in [-0.2, -0.15) is 0 Å². The summed E-state index contributed by atoms with van der Waals surface area (Å²) < 4.78 is 4.75. The Balaban J connectivity index is 1.91. The first-order valence-corrected chi connectivity index (χ1v) is 10.8. The average Bonchev–Trinajstić information content (AvgIpc) is 3.35. The zero-order valence-corrected chi connectivity index (χ0v) is 18.6. The minimum absolute atomic E-state index is 0.0140. The lowest BCUT2D eigenvalue weighted by Crippen LogP contribution is -2.05. The summed E-state index contributed by atoms with van der Waals surface area (Å²) in [5.74, 6) is -1.97. The van der Waals surface area contributed by atoms with Gasteiger partial charge in [-0.15, -0.1) is 21.6 Å². The number of benzene rings is 2. The highest BCUT2D eigenvalue weighted by Gasteiger charge is 2.21. The Bertz CT molecular complexity index is 1450. The van der Waals surface area contributed by atoms with Gasteiger partial charge >= 0.3 is 5.97 Å². The minimum atomic E-state index is -0.673. The molecule has 0 radical (unpaired) electrons. The lowest BCUT2D eigenvalue weighted by atomic mass is 9.96. The van der Waals surface area contributed by atoms with Gasteiger partial charge in [0, 0.05) is 28.9 Å². The van der Waals surface area contributed by atoms with Crippen LogP contribution in [0.3, 0.4) is 0 Å². The first kappa shape index (κ1) is 22.9. The number of phenolic OH excluding ortho intramolecular Hbond substituents is 1. The van der Waals surface area contributed by atoms with Crippen LogP contribution < -0.4 is 0 Å². The quantitative estimate of drug-likeness (QED) is 0.226. The maximum Gasteiger partial charge on any atom is 0.350 e. The first-order valence-electron chi connectivity index (χ1n) is 9.90. The number of hydrogen-bond acceptors (Lipinski definition) is 10. The van der Waals surface area contributed by atoms with E-state index >= 15 is 0 Å². The Morgan fingerprint density at radius 3 is 2.50 bits per heavy atom. The number of rotatable bonds is 7. The Kier molecular flexibility index (Phi) is 6.53. The molecule has 2 aromatic carbocycles. The largest absolute Gasteiger partial charge is 0.505 e. The molecule has 4 rings (SSSR count). The van der Waals surface area contributed by atoms with Crippen LogP contribution in [0.15, 0.2) is 70.5 Å². The van der Waals surface area contributed by atoms with E-state index in [9.17, 15) is 24.6 Å². The number of carbonyl (C=O) groups excluding carboxylic acids is 3. The van der Waals surface area contributed by atoms with Crippen LogP contribution in [0.25, 0.3) is 10.8 Å². The number of esters is 1. The Morgan fingerprint density at radius 2 is 1.79 bits per heavy atom. The summed E-state index contributed by atoms with van der Waals surface area (Å²) in [6.07, 6.45) is 2.91. The number of ketones is 2. The van der Waals surface area contributed by atoms with Gasteiger partial charge in [0.05, 0.1) is 12.7 Å². The smallest absolute Gasteiger partial charge is 0.350 e. The molecular formula is C24H17N3O6S. The number of aromatic nitrogens is 1. The number of nitrogens with zero attached hydrogens (tertiary/aromatic N) is 3. The van der Waals surface area contributed by atoms with Crippen LogP contribution in [0.2, 0.25) is 0 Å². The average molecular weight is 475 g/mol. The number of thiophene rings is 1. The number of methoxy groups -OCH3 is 1. The third kappa shape index (κ3) is 4.32. The predicted octanol–water partition coefficient (Wildman–Crippen LogP) is 4.61. The molecule has 10 heteroatoms. The van der Waals surface area contributed by atoms with Crippen molar-refractivity contribution in [2.75, 3.05) is 13.7 Å². The molecule has 2 N–H and O–H groups in total. The third-order valence-corrected chi connectivity index (χ3v) is 5.90. The number of azo groups is 1. The van der Waals surface area contributed by atoms with Gasteiger partial charge < -0.3 is 14.9 Å². The molecule has 4 aromatic rings. The molecule has 0 saturated heterocycles. The van der Waals surface area contributed by atoms with Crippen LogP contribution in [0.4, 0.5) is 11.4 Å². The van der Waals surface area contributed by atoms with Crippen molar-refractivity contribution in [3.05, 3.63) is 81.8 Å². The van der Waals surface area contributed by atoms with E-state index < -0.39 is 29.9 Å². The normalized spacial score (nSPS) is 11.1. The van der Waals surface area contributed by atoms with E-state index in [0.29, 0.717) is 16.3 Å². The lowest BCUT2D eigenvalue weighted by Gasteiger charge is -2.11. The van der Waals surface area contributed by atoms with E-state index in [4.69, 9.17) is 4.74 Å². The van der Waals surface area contributed by atoms with Crippen molar-refractivity contribution in [3.8, 4) is 5.75 Å². The maximum absolute atomic E-state index is 13.1. The number of fused-ring (bicyclic) bond motifs is 1. The van der Waals surface area contributed by atoms with E-state index in [1.165, 1.54) is 49.8 Å². The molecule has 0 aliphatic carbocycles. The van der Waals surface area contributed by atoms with Gasteiger partial charge in [0.25, 0.3) is 0 Å². The van der Waals surface area contributed by atoms with E-state index in [0.717, 1.165) is 11.3 Å². The van der Waals surface area contributed by atoms with Crippen molar-refractivity contribution in [2.45, 2.75) is 0 Å². The van der Waals surface area contributed by atoms with Crippen molar-refractivity contribution in [1.29, 1.82) is 0 Å². The molecule has 0 saturated carbocycles. The number of aliphatic hydroxyl groups excluding tert-OH is 1. The molecule has 2 aromatic heterocycles. The Hall–Kier alpha value is -4.28. The predicted molar refractivity (Wildman–Crippen MR) is 125 cm³/mol. The number of hydrogen-bond donors (Lipinski definition) is 2. The molecule has 0 fully saturated rings. The van der Waals surface area contributed by atoms with E-state index in [1.54, 1.807) is 17.5 Å². The minimum Gasteiger partial charge on any atom is -0.505 e. The number of carbonyl (C=O) groups is 3. The van der Waals surface area contributed by atoms with Crippen LogP contribution in [0, 0.1) is 0 Å². The van der Waals surface area contributed by atoms with Crippen LogP contribution in [0.5, 0.6) is 5.75 Å². The van der Waals surface area contributed by atoms with Crippen LogP contribution >= 0.6 is 11.3 Å². The van der Waals surface area contributed by atoms with Crippen molar-refractivity contribution in [3.63, 3.8) is 0 Å². The van der Waals surface area contributed by atoms with Gasteiger partial charge in [-0.1, -0.05) is 12.1 Å². The molecule has 0 aliphatic rings. The fourth-order valence-corrected chi connectivity index (χ4v) is 4.05. The number of aromatic hydroxyl groups is 1. The Labute approximate surface area is 197 Å². The summed E-state index contributed by atoms with van der Waals surface area (Å²) in [5.41, 5.74) is 0.694. The molecule has 2 heterocycles. The Morgan fingerprint density at radius 1 is 1.03 bits per heavy atom. The summed E-state index contributed by atoms with van der Waals surface area (Å²) >= 11 is 1.13. The highest BCUT2D eigenvalue weighted by molar-refractivity contribution is 7.12. The summed E-state index contributed by atoms with van der Waals surface area (Å²) in [4.78, 5) is 41.2. The second-order valence-electron chi connectivity index (χ2n) is 7.03. The molecule has 9 nitrogen and oxygen atoms in total. The molecule has 34 heavy (non-hydrogen) atoms. The van der Waals surface area contributed by atoms with E-state index in [2.05, 4.69) is 15.2 Å². The SMILES string of the molecule is COC(=O)c1sccc1N=Nc1c(O)c(C(=O)c2ccncc2)cc2cc(C(=O)CO)ccc12. The van der Waals surface area contributed by atoms with E-state index in [1.807, 2.05) is 0 Å². The molecule has 0 bridgehead atoms. The number of phenols is 1. The van der Waals surface area contributed by atoms with Gasteiger partial charge in [-0.05, 0) is 41.1 Å². The maximum atomic E-state index is 13.1. The van der Waals surface area contributed by atoms with Gasteiger partial charge in [0.15, 0.2) is 17.3 Å². The second kappa shape index (κ2) is 9.69. The van der Waals surface area contributed by atoms with Gasteiger partial charge in [0.2, 0.25) is 0 Å². The summed E-state index contributed by atoms with van der Waals surface area (Å²) in [6, 6.07) is 10.6. The van der Waals surface area contributed by atoms with Crippen molar-refractivity contribution >= 4 is 51.0 Å². The van der Waals surface area contributed by atoms with Gasteiger partial charge in [-0.25, -0.2) is 4.79 Å². The van der Waals surface area contributed by atoms with Gasteiger partial charge in [-0.3, -0.25) is 14.6 Å². The molecule has 0 amide bonds. The zero-order valence-electron chi connectivity index (χ0n) is 17.8. The standard InChI is InChI=1S/C24H17N3O6S/c1-33-24(32)23-18(6-9-34-23)26-27-20-16-3-2-14(19(29)12-28)10-15(16)11-17(22(20)31)21(30)13-4-7-25-8-5-13/h2-11,28,31H,12H2,1H3. The van der Waals surface area contributed by atoms with E-state index in [-0.39, 0.29) is 27.4 Å². The van der Waals surface area contributed by atoms with Crippen LogP contribution in [0.1, 0.15) is 36.0 Å². The first-order chi connectivity index (χ1) is 16.4. The number of ether oxygens (including phenoxy) is 1. The fraction of sp³-hybridized carbons (Fsp3) is 0.0833. The van der Waals surface area contributed by atoms with Crippen LogP contribution in [-0.4, -0.2) is 46.4 Å². The molecule has 0 unspecified atom stereocenters. The van der Waals surface area contributed by atoms with Crippen molar-refractivity contribution < 1.29 is 29.3 Å². The summed E-state index contributed by atoms with van der Waals surface area (Å²) in [6.45, 7) is -0.673. The monoisotopic (exact) mass is 475 g/mol. The third-order valence-electron chi connectivity index (χ3n) is 5.01. The summed E-state index contributed by atoms with van der Waals surface area (Å²) in [5, 5.41) is 31.0. The molecule has 0 spiro atoms. The molecule has 0 atom stereocenters. The molecule has 170 valence electrons. The number of Topliss-reactive ketones (excluding diaryl/α,β-unsaturated/α-hetero) is 1. The number of pyridine rings is 1. The van der Waals surface area contributed by atoms with Crippen LogP contribution in [-0.2, 0) is 4.74 Å². The highest BCUT2D eigenvalue weighted by atomic mass is 32.1. The second-order valence-corrected chi connectivity index (χ2v) is 7.95. The molecular weight excluding hydrogens is 458 g/mol. The van der Waals surface area contributed by atoms with Crippen molar-refractivity contribution in [1.82, 2.24) is 4.98 Å². The summed E-state index contributed by atoms with van der Waals surface area (Å²) in [7, 11) is 1.25. The molecule has 0 aliphatic heterocycles. The number of aliphatic hydroxyl groups is 1. The fourth-order valence-electron chi connectivity index (χ4n) is 3.31. The van der Waals surface area contributed by atoms with Gasteiger partial charge in [0.1, 0.15) is 22.9 Å². The lowest BCUT2D eigenvalue weighted by molar-refractivity contribution is 0.0607. The highest BCUT2D eigenvalue weighted by Crippen LogP contribution is 2.41.